The second-order valence-electron chi connectivity index (χ2n) is 3.58. The molecule has 2 rings (SSSR count). The van der Waals surface area contributed by atoms with E-state index in [1.165, 1.54) is 10.9 Å². The molecule has 0 bridgehead atoms. The minimum Gasteiger partial charge on any atom is -0.391 e. The van der Waals surface area contributed by atoms with Gasteiger partial charge in [0.25, 0.3) is 0 Å². The van der Waals surface area contributed by atoms with E-state index < -0.39 is 0 Å². The van der Waals surface area contributed by atoms with Crippen LogP contribution in [0.15, 0.2) is 24.3 Å². The molecule has 0 aliphatic carbocycles. The van der Waals surface area contributed by atoms with Crippen molar-refractivity contribution in [2.75, 3.05) is 5.73 Å². The lowest BCUT2D eigenvalue weighted by atomic mass is 10.0. The van der Waals surface area contributed by atoms with Crippen molar-refractivity contribution in [2.45, 2.75) is 13.8 Å². The fourth-order valence-corrected chi connectivity index (χ4v) is 2.42. The molecule has 1 aromatic carbocycles. The summed E-state index contributed by atoms with van der Waals surface area (Å²) in [6.45, 7) is 3.79. The van der Waals surface area contributed by atoms with Gasteiger partial charge in [0.05, 0.1) is 5.00 Å². The Morgan fingerprint density at radius 2 is 1.93 bits per heavy atom. The Morgan fingerprint density at radius 3 is 2.47 bits per heavy atom. The van der Waals surface area contributed by atoms with Gasteiger partial charge in [-0.2, -0.15) is 0 Å². The van der Waals surface area contributed by atoms with Gasteiger partial charge in [-0.05, 0) is 48.7 Å². The maximum atomic E-state index is 13.1. The van der Waals surface area contributed by atoms with Crippen LogP contribution in [0.25, 0.3) is 11.1 Å². The van der Waals surface area contributed by atoms with Gasteiger partial charge < -0.3 is 5.73 Å². The van der Waals surface area contributed by atoms with Gasteiger partial charge in [0.2, 0.25) is 0 Å². The average molecular weight is 221 g/mol. The summed E-state index contributed by atoms with van der Waals surface area (Å²) >= 11 is 1.56. The molecular weight excluding hydrogens is 209 g/mol. The molecule has 0 amide bonds. The molecule has 0 unspecified atom stereocenters. The smallest absolute Gasteiger partial charge is 0.126 e. The lowest BCUT2D eigenvalue weighted by Gasteiger charge is -2.02. The summed E-state index contributed by atoms with van der Waals surface area (Å²) in [7, 11) is 0. The summed E-state index contributed by atoms with van der Waals surface area (Å²) in [5.74, 6) is -0.167. The molecule has 2 aromatic rings. The molecular formula is C12H12FNS. The molecule has 0 saturated heterocycles. The van der Waals surface area contributed by atoms with Crippen molar-refractivity contribution in [3.05, 3.63) is 40.5 Å². The van der Waals surface area contributed by atoms with Gasteiger partial charge in [0, 0.05) is 4.88 Å². The number of benzene rings is 1. The van der Waals surface area contributed by atoms with Gasteiger partial charge in [-0.1, -0.05) is 6.07 Å². The van der Waals surface area contributed by atoms with Gasteiger partial charge in [-0.25, -0.2) is 4.39 Å². The van der Waals surface area contributed by atoms with Gasteiger partial charge in [0.1, 0.15) is 5.82 Å². The molecule has 0 aliphatic rings. The highest BCUT2D eigenvalue weighted by Gasteiger charge is 2.07. The van der Waals surface area contributed by atoms with E-state index in [0.717, 1.165) is 16.1 Å². The number of anilines is 1. The molecule has 0 aliphatic heterocycles. The normalized spacial score (nSPS) is 10.6. The topological polar surface area (TPSA) is 26.0 Å². The first-order valence-corrected chi connectivity index (χ1v) is 5.52. The Labute approximate surface area is 92.4 Å². The molecule has 0 fully saturated rings. The number of hydrogen-bond acceptors (Lipinski definition) is 2. The number of halogens is 1. The summed E-state index contributed by atoms with van der Waals surface area (Å²) in [5.41, 5.74) is 8.52. The van der Waals surface area contributed by atoms with Crippen molar-refractivity contribution in [3.63, 3.8) is 0 Å². The predicted molar refractivity (Wildman–Crippen MR) is 63.6 cm³/mol. The number of hydrogen-bond donors (Lipinski definition) is 1. The second-order valence-corrected chi connectivity index (χ2v) is 4.87. The van der Waals surface area contributed by atoms with Crippen molar-refractivity contribution in [2.24, 2.45) is 0 Å². The van der Waals surface area contributed by atoms with Crippen molar-refractivity contribution in [1.29, 1.82) is 0 Å². The molecule has 0 saturated carbocycles. The van der Waals surface area contributed by atoms with Gasteiger partial charge in [-0.3, -0.25) is 0 Å². The van der Waals surface area contributed by atoms with E-state index in [9.17, 15) is 4.39 Å². The van der Waals surface area contributed by atoms with Gasteiger partial charge in [0.15, 0.2) is 0 Å². The zero-order chi connectivity index (χ0) is 11.0. The molecule has 3 heteroatoms. The van der Waals surface area contributed by atoms with Crippen LogP contribution in [0.2, 0.25) is 0 Å². The van der Waals surface area contributed by atoms with Crippen molar-refractivity contribution >= 4 is 16.3 Å². The zero-order valence-corrected chi connectivity index (χ0v) is 9.49. The number of nitrogens with two attached hydrogens (primary N) is 1. The minimum atomic E-state index is -0.167. The lowest BCUT2D eigenvalue weighted by molar-refractivity contribution is 0.619. The van der Waals surface area contributed by atoms with Crippen LogP contribution < -0.4 is 5.73 Å². The Balaban J connectivity index is 2.54. The van der Waals surface area contributed by atoms with Crippen molar-refractivity contribution in [3.8, 4) is 11.1 Å². The van der Waals surface area contributed by atoms with E-state index in [1.54, 1.807) is 24.3 Å². The molecule has 1 aromatic heterocycles. The third-order valence-electron chi connectivity index (χ3n) is 2.41. The number of thiophene rings is 1. The SMILES string of the molecule is Cc1cc(-c2cc(N)sc2C)ccc1F. The highest BCUT2D eigenvalue weighted by Crippen LogP contribution is 2.32. The lowest BCUT2D eigenvalue weighted by Crippen LogP contribution is -1.84. The maximum absolute atomic E-state index is 13.1. The first-order valence-electron chi connectivity index (χ1n) is 4.70. The largest absolute Gasteiger partial charge is 0.391 e. The standard InChI is InChI=1S/C12H12FNS/c1-7-5-9(3-4-11(7)13)10-6-12(14)15-8(10)2/h3-6H,14H2,1-2H3. The Hall–Kier alpha value is -1.35. The predicted octanol–water partition coefficient (Wildman–Crippen LogP) is 3.75. The van der Waals surface area contributed by atoms with Crippen molar-refractivity contribution in [1.82, 2.24) is 0 Å². The van der Waals surface area contributed by atoms with Crippen molar-refractivity contribution < 1.29 is 4.39 Å². The summed E-state index contributed by atoms with van der Waals surface area (Å²) < 4.78 is 13.1. The average Bonchev–Trinajstić information content (AvgIpc) is 2.50. The number of aryl methyl sites for hydroxylation is 2. The van der Waals surface area contributed by atoms with Gasteiger partial charge >= 0.3 is 0 Å². The van der Waals surface area contributed by atoms with Crippen LogP contribution >= 0.6 is 11.3 Å². The van der Waals surface area contributed by atoms with E-state index in [-0.39, 0.29) is 5.82 Å². The van der Waals surface area contributed by atoms with Crippen LogP contribution in [0.4, 0.5) is 9.39 Å². The molecule has 0 atom stereocenters. The fourth-order valence-electron chi connectivity index (χ4n) is 1.60. The second kappa shape index (κ2) is 3.66. The summed E-state index contributed by atoms with van der Waals surface area (Å²) in [4.78, 5) is 1.17. The molecule has 78 valence electrons. The monoisotopic (exact) mass is 221 g/mol. The fraction of sp³-hybridized carbons (Fsp3) is 0.167. The highest BCUT2D eigenvalue weighted by molar-refractivity contribution is 7.16. The van der Waals surface area contributed by atoms with Crippen LogP contribution in [0.1, 0.15) is 10.4 Å². The van der Waals surface area contributed by atoms with Crippen LogP contribution in [0.5, 0.6) is 0 Å². The third kappa shape index (κ3) is 1.88. The first-order chi connectivity index (χ1) is 7.08. The van der Waals surface area contributed by atoms with Crippen LogP contribution in [-0.2, 0) is 0 Å². The van der Waals surface area contributed by atoms with E-state index >= 15 is 0 Å². The first kappa shape index (κ1) is 10.2. The Morgan fingerprint density at radius 1 is 1.20 bits per heavy atom. The van der Waals surface area contributed by atoms with E-state index in [1.807, 2.05) is 19.1 Å². The van der Waals surface area contributed by atoms with E-state index in [0.29, 0.717) is 5.56 Å². The van der Waals surface area contributed by atoms with Crippen LogP contribution in [0, 0.1) is 19.7 Å². The number of rotatable bonds is 1. The number of nitrogen functional groups attached to an aromatic ring is 1. The highest BCUT2D eigenvalue weighted by atomic mass is 32.1. The van der Waals surface area contributed by atoms with Gasteiger partial charge in [-0.15, -0.1) is 11.3 Å². The quantitative estimate of drug-likeness (QED) is 0.779. The zero-order valence-electron chi connectivity index (χ0n) is 8.67. The Kier molecular flexibility index (Phi) is 2.49. The summed E-state index contributed by atoms with van der Waals surface area (Å²) in [6.07, 6.45) is 0. The molecule has 0 spiro atoms. The third-order valence-corrected chi connectivity index (χ3v) is 3.29. The summed E-state index contributed by atoms with van der Waals surface area (Å²) in [6, 6.07) is 7.07. The minimum absolute atomic E-state index is 0.167. The molecule has 2 N–H and O–H groups in total. The van der Waals surface area contributed by atoms with E-state index in [4.69, 9.17) is 5.73 Å². The molecule has 15 heavy (non-hydrogen) atoms. The van der Waals surface area contributed by atoms with Crippen LogP contribution in [0.3, 0.4) is 0 Å². The Bertz CT molecular complexity index is 502. The summed E-state index contributed by atoms with van der Waals surface area (Å²) in [5, 5.41) is 0.796. The molecule has 0 radical (unpaired) electrons. The molecule has 1 nitrogen and oxygen atoms in total. The van der Waals surface area contributed by atoms with Crippen LogP contribution in [-0.4, -0.2) is 0 Å². The maximum Gasteiger partial charge on any atom is 0.126 e. The van der Waals surface area contributed by atoms with E-state index in [2.05, 4.69) is 0 Å². The molecule has 1 heterocycles.